The van der Waals surface area contributed by atoms with Gasteiger partial charge in [-0.15, -0.1) is 0 Å². The van der Waals surface area contributed by atoms with Gasteiger partial charge in [0.1, 0.15) is 6.54 Å². The van der Waals surface area contributed by atoms with Crippen LogP contribution in [0, 0.1) is 24.1 Å². The van der Waals surface area contributed by atoms with Crippen molar-refractivity contribution >= 4 is 11.6 Å². The summed E-state index contributed by atoms with van der Waals surface area (Å²) >= 11 is 5.87. The Morgan fingerprint density at radius 2 is 2.03 bits per heavy atom. The molecule has 0 amide bonds. The Morgan fingerprint density at radius 1 is 1.28 bits per heavy atom. The van der Waals surface area contributed by atoms with E-state index in [1.54, 1.807) is 12.3 Å². The molecule has 3 aromatic heterocycles. The van der Waals surface area contributed by atoms with E-state index in [-0.39, 0.29) is 28.5 Å². The summed E-state index contributed by atoms with van der Waals surface area (Å²) in [6.45, 7) is 1.28. The number of aromatic nitrogens is 4. The number of rotatable bonds is 4. The van der Waals surface area contributed by atoms with Gasteiger partial charge in [-0.1, -0.05) is 11.6 Å². The number of hydrogen-bond donors (Lipinski definition) is 0. The van der Waals surface area contributed by atoms with Gasteiger partial charge in [-0.2, -0.15) is 5.26 Å². The molecule has 4 rings (SSSR count). The summed E-state index contributed by atoms with van der Waals surface area (Å²) in [7, 11) is 0. The summed E-state index contributed by atoms with van der Waals surface area (Å²) in [5, 5.41) is 8.97. The smallest absolute Gasteiger partial charge is 0.283 e. The molecule has 1 saturated carbocycles. The average Bonchev–Trinajstić information content (AvgIpc) is 3.54. The molecule has 7 nitrogen and oxygen atoms in total. The molecule has 9 heteroatoms. The zero-order valence-corrected chi connectivity index (χ0v) is 16.1. The summed E-state index contributed by atoms with van der Waals surface area (Å²) in [5.74, 6) is -0.345. The molecule has 0 N–H and O–H groups in total. The van der Waals surface area contributed by atoms with Gasteiger partial charge in [0.25, 0.3) is 5.56 Å². The van der Waals surface area contributed by atoms with Crippen molar-refractivity contribution in [1.29, 1.82) is 5.26 Å². The van der Waals surface area contributed by atoms with Crippen LogP contribution < -0.4 is 11.2 Å². The number of halogens is 2. The first-order valence-corrected chi connectivity index (χ1v) is 9.30. The fraction of sp³-hybridized carbons (Fsp3) is 0.250. The fourth-order valence-corrected chi connectivity index (χ4v) is 3.44. The van der Waals surface area contributed by atoms with Crippen LogP contribution in [0.1, 0.15) is 30.0 Å². The first kappa shape index (κ1) is 19.0. The normalized spacial score (nSPS) is 13.3. The largest absolute Gasteiger partial charge is 0.336 e. The van der Waals surface area contributed by atoms with E-state index in [4.69, 9.17) is 11.6 Å². The van der Waals surface area contributed by atoms with Crippen LogP contribution >= 0.6 is 11.6 Å². The van der Waals surface area contributed by atoms with Crippen molar-refractivity contribution in [3.05, 3.63) is 73.7 Å². The van der Waals surface area contributed by atoms with E-state index in [0.717, 1.165) is 29.2 Å². The fourth-order valence-electron chi connectivity index (χ4n) is 3.29. The van der Waals surface area contributed by atoms with Crippen molar-refractivity contribution < 1.29 is 4.39 Å². The molecular weight excluding hydrogens is 397 g/mol. The molecule has 0 radical (unpaired) electrons. The van der Waals surface area contributed by atoms with Crippen LogP contribution in [0.2, 0.25) is 5.02 Å². The summed E-state index contributed by atoms with van der Waals surface area (Å²) in [5.41, 5.74) is 0.409. The quantitative estimate of drug-likeness (QED) is 0.658. The van der Waals surface area contributed by atoms with E-state index >= 15 is 0 Å². The summed E-state index contributed by atoms with van der Waals surface area (Å²) < 4.78 is 15.7. The Bertz CT molecular complexity index is 1290. The molecule has 1 aliphatic carbocycles. The molecule has 3 aromatic rings. The Kier molecular flexibility index (Phi) is 4.76. The van der Waals surface area contributed by atoms with Gasteiger partial charge in [0.2, 0.25) is 0 Å². The lowest BCUT2D eigenvalue weighted by atomic mass is 10.1. The van der Waals surface area contributed by atoms with Gasteiger partial charge in [0, 0.05) is 11.9 Å². The van der Waals surface area contributed by atoms with E-state index in [1.807, 2.05) is 6.07 Å². The molecule has 1 fully saturated rings. The Hall–Kier alpha value is -3.31. The van der Waals surface area contributed by atoms with Crippen LogP contribution in [0.4, 0.5) is 4.39 Å². The maximum atomic E-state index is 13.6. The van der Waals surface area contributed by atoms with Crippen LogP contribution in [0.25, 0.3) is 16.9 Å². The van der Waals surface area contributed by atoms with E-state index < -0.39 is 17.1 Å². The highest BCUT2D eigenvalue weighted by Crippen LogP contribution is 2.40. The lowest BCUT2D eigenvalue weighted by Gasteiger charge is -2.15. The molecule has 0 saturated heterocycles. The van der Waals surface area contributed by atoms with Crippen molar-refractivity contribution in [2.24, 2.45) is 0 Å². The topological polar surface area (TPSA) is 93.6 Å². The number of pyridine rings is 2. The van der Waals surface area contributed by atoms with E-state index in [0.29, 0.717) is 11.6 Å². The van der Waals surface area contributed by atoms with E-state index in [2.05, 4.69) is 9.97 Å². The third kappa shape index (κ3) is 3.34. The van der Waals surface area contributed by atoms with Crippen LogP contribution in [-0.4, -0.2) is 19.1 Å². The predicted octanol–water partition coefficient (Wildman–Crippen LogP) is 2.96. The third-order valence-corrected chi connectivity index (χ3v) is 5.24. The molecule has 0 bridgehead atoms. The van der Waals surface area contributed by atoms with Crippen LogP contribution in [0.5, 0.6) is 0 Å². The molecule has 1 aliphatic rings. The maximum absolute atomic E-state index is 13.6. The van der Waals surface area contributed by atoms with Gasteiger partial charge < -0.3 is 0 Å². The number of hydrogen-bond acceptors (Lipinski definition) is 5. The van der Waals surface area contributed by atoms with Crippen LogP contribution in [-0.2, 0) is 6.54 Å². The van der Waals surface area contributed by atoms with E-state index in [9.17, 15) is 19.2 Å². The van der Waals surface area contributed by atoms with Crippen molar-refractivity contribution in [1.82, 2.24) is 19.1 Å². The van der Waals surface area contributed by atoms with Gasteiger partial charge in [0.15, 0.2) is 5.82 Å². The Balaban J connectivity index is 2.03. The van der Waals surface area contributed by atoms with Gasteiger partial charge >= 0.3 is 5.69 Å². The molecule has 146 valence electrons. The molecule has 0 aromatic carbocycles. The maximum Gasteiger partial charge on any atom is 0.336 e. The molecule has 0 atom stereocenters. The highest BCUT2D eigenvalue weighted by Gasteiger charge is 2.25. The molecular formula is C20H15ClFN5O2. The zero-order chi connectivity index (χ0) is 20.7. The second-order valence-corrected chi connectivity index (χ2v) is 7.27. The van der Waals surface area contributed by atoms with Crippen molar-refractivity contribution in [2.45, 2.75) is 32.2 Å². The Labute approximate surface area is 169 Å². The van der Waals surface area contributed by atoms with Crippen molar-refractivity contribution in [2.75, 3.05) is 0 Å². The van der Waals surface area contributed by atoms with Crippen molar-refractivity contribution in [3.63, 3.8) is 0 Å². The first-order chi connectivity index (χ1) is 13.9. The Morgan fingerprint density at radius 3 is 2.69 bits per heavy atom. The molecule has 29 heavy (non-hydrogen) atoms. The minimum Gasteiger partial charge on any atom is -0.283 e. The highest BCUT2D eigenvalue weighted by atomic mass is 35.5. The molecule has 0 aliphatic heterocycles. The summed E-state index contributed by atoms with van der Waals surface area (Å²) in [6.07, 6.45) is 6.13. The van der Waals surface area contributed by atoms with Gasteiger partial charge in [-0.05, 0) is 43.4 Å². The predicted molar refractivity (Wildman–Crippen MR) is 105 cm³/mol. The van der Waals surface area contributed by atoms with Crippen molar-refractivity contribution in [3.8, 4) is 23.0 Å². The summed E-state index contributed by atoms with van der Waals surface area (Å²) in [6, 6.07) is 4.91. The van der Waals surface area contributed by atoms with Gasteiger partial charge in [0.05, 0.1) is 40.4 Å². The third-order valence-electron chi connectivity index (χ3n) is 4.95. The second kappa shape index (κ2) is 7.26. The molecule has 0 unspecified atom stereocenters. The standard InChI is InChI=1S/C20H15ClFN5O2/c1-11-18(17-7-15(21)16(22)10-25-17)19(28)27(20(29)26(11)5-4-23)14-6-13(8-24-9-14)12-2-3-12/h6-10,12H,2-3,5H2,1H3. The summed E-state index contributed by atoms with van der Waals surface area (Å²) in [4.78, 5) is 34.5. The minimum absolute atomic E-state index is 0.0681. The number of nitrogens with zero attached hydrogens (tertiary/aromatic N) is 5. The van der Waals surface area contributed by atoms with Gasteiger partial charge in [-0.3, -0.25) is 19.3 Å². The molecule has 0 spiro atoms. The average molecular weight is 412 g/mol. The van der Waals surface area contributed by atoms with Gasteiger partial charge in [-0.25, -0.2) is 13.8 Å². The highest BCUT2D eigenvalue weighted by molar-refractivity contribution is 6.30. The SMILES string of the molecule is Cc1c(-c2cc(Cl)c(F)cn2)c(=O)n(-c2cncc(C3CC3)c2)c(=O)n1CC#N. The zero-order valence-electron chi connectivity index (χ0n) is 15.4. The van der Waals surface area contributed by atoms with Crippen LogP contribution in [0.15, 0.2) is 40.3 Å². The minimum atomic E-state index is -0.722. The number of nitriles is 1. The lowest BCUT2D eigenvalue weighted by molar-refractivity contribution is 0.622. The monoisotopic (exact) mass is 411 g/mol. The first-order valence-electron chi connectivity index (χ1n) is 8.92. The second-order valence-electron chi connectivity index (χ2n) is 6.86. The molecule has 3 heterocycles. The van der Waals surface area contributed by atoms with Crippen LogP contribution in [0.3, 0.4) is 0 Å². The van der Waals surface area contributed by atoms with E-state index in [1.165, 1.54) is 23.8 Å². The lowest BCUT2D eigenvalue weighted by Crippen LogP contribution is -2.41.